The third kappa shape index (κ3) is 8.31. The number of likely N-dealkylation sites (N-methyl/N-ethyl adjacent to an activating group) is 1. The zero-order valence-corrected chi connectivity index (χ0v) is 21.9. The summed E-state index contributed by atoms with van der Waals surface area (Å²) in [6.45, 7) is 14.0. The highest BCUT2D eigenvalue weighted by Gasteiger charge is 2.20. The predicted octanol–water partition coefficient (Wildman–Crippen LogP) is 2.43. The second kappa shape index (κ2) is 14.0. The van der Waals surface area contributed by atoms with Crippen molar-refractivity contribution in [3.8, 4) is 5.75 Å². The predicted molar refractivity (Wildman–Crippen MR) is 141 cm³/mol. The highest BCUT2D eigenvalue weighted by Crippen LogP contribution is 2.20. The Labute approximate surface area is 205 Å². The number of ether oxygens (including phenoxy) is 1. The van der Waals surface area contributed by atoms with Crippen molar-refractivity contribution in [2.24, 2.45) is 4.99 Å². The molecule has 176 valence electrons. The van der Waals surface area contributed by atoms with Crippen LogP contribution in [-0.4, -0.2) is 107 Å². The van der Waals surface area contributed by atoms with Crippen molar-refractivity contribution in [2.45, 2.75) is 19.8 Å². The van der Waals surface area contributed by atoms with Crippen molar-refractivity contribution in [1.29, 1.82) is 0 Å². The van der Waals surface area contributed by atoms with E-state index in [2.05, 4.69) is 51.0 Å². The third-order valence-electron chi connectivity index (χ3n) is 6.09. The molecule has 0 bridgehead atoms. The van der Waals surface area contributed by atoms with Gasteiger partial charge in [-0.25, -0.2) is 0 Å². The third-order valence-corrected chi connectivity index (χ3v) is 6.09. The summed E-state index contributed by atoms with van der Waals surface area (Å²) in [5, 5.41) is 3.49. The SMILES string of the molecule is CCNC(=NCCCCN1CCN(C)CC1)N1CCN(c2ccc(OC)cc2)CC1.I. The summed E-state index contributed by atoms with van der Waals surface area (Å²) >= 11 is 0. The molecule has 2 fully saturated rings. The average molecular weight is 545 g/mol. The molecule has 8 heteroatoms. The molecule has 2 heterocycles. The Morgan fingerprint density at radius 3 is 2.26 bits per heavy atom. The fraction of sp³-hybridized carbons (Fsp3) is 0.696. The molecule has 0 aromatic heterocycles. The Kier molecular flexibility index (Phi) is 11.7. The molecule has 1 aromatic carbocycles. The van der Waals surface area contributed by atoms with Gasteiger partial charge < -0.3 is 29.7 Å². The first-order valence-corrected chi connectivity index (χ1v) is 11.5. The zero-order chi connectivity index (χ0) is 21.2. The standard InChI is InChI=1S/C23H40N6O.HI/c1-4-24-23(25-11-5-6-12-27-15-13-26(2)14-16-27)29-19-17-28(18-20-29)21-7-9-22(30-3)10-8-21;/h7-10H,4-6,11-20H2,1-3H3,(H,24,25);1H. The summed E-state index contributed by atoms with van der Waals surface area (Å²) in [6, 6.07) is 8.37. The van der Waals surface area contributed by atoms with E-state index in [-0.39, 0.29) is 24.0 Å². The summed E-state index contributed by atoms with van der Waals surface area (Å²) < 4.78 is 5.27. The molecular formula is C23H41IN6O. The molecule has 0 unspecified atom stereocenters. The summed E-state index contributed by atoms with van der Waals surface area (Å²) in [4.78, 5) is 14.8. The summed E-state index contributed by atoms with van der Waals surface area (Å²) in [5.74, 6) is 1.98. The van der Waals surface area contributed by atoms with Gasteiger partial charge in [0, 0.05) is 71.1 Å². The number of hydrogen-bond acceptors (Lipinski definition) is 5. The van der Waals surface area contributed by atoms with Gasteiger partial charge >= 0.3 is 0 Å². The second-order valence-electron chi connectivity index (χ2n) is 8.26. The van der Waals surface area contributed by atoms with Gasteiger partial charge in [-0.3, -0.25) is 4.99 Å². The van der Waals surface area contributed by atoms with Gasteiger partial charge in [0.1, 0.15) is 5.75 Å². The molecule has 0 spiro atoms. The zero-order valence-electron chi connectivity index (χ0n) is 19.6. The molecule has 3 rings (SSSR count). The molecule has 2 aliphatic heterocycles. The van der Waals surface area contributed by atoms with Crippen molar-refractivity contribution < 1.29 is 4.74 Å². The quantitative estimate of drug-likeness (QED) is 0.235. The van der Waals surface area contributed by atoms with Crippen LogP contribution in [0.1, 0.15) is 19.8 Å². The molecule has 2 saturated heterocycles. The van der Waals surface area contributed by atoms with Crippen molar-refractivity contribution in [2.75, 3.05) is 91.0 Å². The molecule has 0 saturated carbocycles. The Morgan fingerprint density at radius 2 is 1.65 bits per heavy atom. The van der Waals surface area contributed by atoms with E-state index in [1.165, 1.54) is 44.8 Å². The van der Waals surface area contributed by atoms with Crippen molar-refractivity contribution >= 4 is 35.6 Å². The number of nitrogens with one attached hydrogen (secondary N) is 1. The lowest BCUT2D eigenvalue weighted by atomic mass is 10.2. The molecular weight excluding hydrogens is 503 g/mol. The van der Waals surface area contributed by atoms with Crippen LogP contribution >= 0.6 is 24.0 Å². The van der Waals surface area contributed by atoms with E-state index in [1.54, 1.807) is 7.11 Å². The van der Waals surface area contributed by atoms with Crippen LogP contribution in [0.4, 0.5) is 5.69 Å². The maximum Gasteiger partial charge on any atom is 0.194 e. The molecule has 0 amide bonds. The molecule has 7 nitrogen and oxygen atoms in total. The highest BCUT2D eigenvalue weighted by atomic mass is 127. The van der Waals surface area contributed by atoms with E-state index >= 15 is 0 Å². The van der Waals surface area contributed by atoms with Gasteiger partial charge in [-0.2, -0.15) is 0 Å². The smallest absolute Gasteiger partial charge is 0.194 e. The van der Waals surface area contributed by atoms with Crippen LogP contribution < -0.4 is 15.0 Å². The number of anilines is 1. The lowest BCUT2D eigenvalue weighted by Crippen LogP contribution is -2.52. The maximum atomic E-state index is 5.27. The summed E-state index contributed by atoms with van der Waals surface area (Å²) in [5.41, 5.74) is 1.27. The van der Waals surface area contributed by atoms with E-state index in [0.717, 1.165) is 57.4 Å². The van der Waals surface area contributed by atoms with Crippen LogP contribution in [0.3, 0.4) is 0 Å². The van der Waals surface area contributed by atoms with E-state index in [1.807, 2.05) is 12.1 Å². The molecule has 0 aliphatic carbocycles. The number of methoxy groups -OCH3 is 1. The van der Waals surface area contributed by atoms with Crippen LogP contribution in [-0.2, 0) is 0 Å². The van der Waals surface area contributed by atoms with E-state index < -0.39 is 0 Å². The van der Waals surface area contributed by atoms with Crippen LogP contribution in [0.5, 0.6) is 5.75 Å². The van der Waals surface area contributed by atoms with Crippen molar-refractivity contribution in [3.05, 3.63) is 24.3 Å². The second-order valence-corrected chi connectivity index (χ2v) is 8.26. The largest absolute Gasteiger partial charge is 0.497 e. The first-order chi connectivity index (χ1) is 14.7. The Balaban J connectivity index is 0.00000341. The van der Waals surface area contributed by atoms with E-state index in [9.17, 15) is 0 Å². The Morgan fingerprint density at radius 1 is 0.968 bits per heavy atom. The minimum atomic E-state index is 0. The van der Waals surface area contributed by atoms with Gasteiger partial charge in [-0.05, 0) is 57.6 Å². The Hall–Kier alpha value is -1.26. The van der Waals surface area contributed by atoms with Gasteiger partial charge in [0.25, 0.3) is 0 Å². The van der Waals surface area contributed by atoms with Crippen LogP contribution in [0.25, 0.3) is 0 Å². The number of benzene rings is 1. The van der Waals surface area contributed by atoms with E-state index in [0.29, 0.717) is 0 Å². The topological polar surface area (TPSA) is 46.6 Å². The van der Waals surface area contributed by atoms with Crippen LogP contribution in [0.2, 0.25) is 0 Å². The minimum absolute atomic E-state index is 0. The summed E-state index contributed by atoms with van der Waals surface area (Å²) in [6.07, 6.45) is 2.39. The fourth-order valence-corrected chi connectivity index (χ4v) is 4.10. The number of halogens is 1. The van der Waals surface area contributed by atoms with Gasteiger partial charge in [0.15, 0.2) is 5.96 Å². The monoisotopic (exact) mass is 544 g/mol. The van der Waals surface area contributed by atoms with Gasteiger partial charge in [0.2, 0.25) is 0 Å². The number of rotatable bonds is 8. The molecule has 0 atom stereocenters. The molecule has 0 radical (unpaired) electrons. The first-order valence-electron chi connectivity index (χ1n) is 11.5. The lowest BCUT2D eigenvalue weighted by Gasteiger charge is -2.37. The number of guanidine groups is 1. The Bertz CT molecular complexity index is 640. The molecule has 1 N–H and O–H groups in total. The van der Waals surface area contributed by atoms with Gasteiger partial charge in [0.05, 0.1) is 7.11 Å². The number of unbranched alkanes of at least 4 members (excludes halogenated alkanes) is 1. The summed E-state index contributed by atoms with van der Waals surface area (Å²) in [7, 11) is 3.92. The number of nitrogens with zero attached hydrogens (tertiary/aromatic N) is 5. The maximum absolute atomic E-state index is 5.27. The van der Waals surface area contributed by atoms with Gasteiger partial charge in [-0.1, -0.05) is 0 Å². The molecule has 31 heavy (non-hydrogen) atoms. The van der Waals surface area contributed by atoms with Gasteiger partial charge in [-0.15, -0.1) is 24.0 Å². The lowest BCUT2D eigenvalue weighted by molar-refractivity contribution is 0.152. The first kappa shape index (κ1) is 26.0. The van der Waals surface area contributed by atoms with Crippen molar-refractivity contribution in [1.82, 2.24) is 20.0 Å². The van der Waals surface area contributed by atoms with Crippen LogP contribution in [0, 0.1) is 0 Å². The normalized spacial score (nSPS) is 18.6. The molecule has 2 aliphatic rings. The van der Waals surface area contributed by atoms with E-state index in [4.69, 9.17) is 9.73 Å². The number of aliphatic imine (C=N–C) groups is 1. The fourth-order valence-electron chi connectivity index (χ4n) is 4.10. The van der Waals surface area contributed by atoms with Crippen molar-refractivity contribution in [3.63, 3.8) is 0 Å². The number of piperazine rings is 2. The number of hydrogen-bond donors (Lipinski definition) is 1. The average Bonchev–Trinajstić information content (AvgIpc) is 2.79. The van der Waals surface area contributed by atoms with Crippen LogP contribution in [0.15, 0.2) is 29.3 Å². The highest BCUT2D eigenvalue weighted by molar-refractivity contribution is 14.0. The minimum Gasteiger partial charge on any atom is -0.497 e. The molecule has 1 aromatic rings.